The first kappa shape index (κ1) is 12.0. The SMILES string of the molecule is O=C(c1ccncc1)N1CCCCCC1CO. The monoisotopic (exact) mass is 234 g/mol. The Labute approximate surface area is 101 Å². The number of amides is 1. The summed E-state index contributed by atoms with van der Waals surface area (Å²) in [5, 5.41) is 9.38. The first-order valence-electron chi connectivity index (χ1n) is 6.15. The molecular formula is C13H18N2O2. The van der Waals surface area contributed by atoms with Gasteiger partial charge in [0.2, 0.25) is 0 Å². The molecule has 1 aliphatic rings. The number of aliphatic hydroxyl groups excluding tert-OH is 1. The molecule has 0 bridgehead atoms. The van der Waals surface area contributed by atoms with Crippen LogP contribution in [0.3, 0.4) is 0 Å². The van der Waals surface area contributed by atoms with E-state index in [1.54, 1.807) is 24.5 Å². The minimum Gasteiger partial charge on any atom is -0.394 e. The summed E-state index contributed by atoms with van der Waals surface area (Å²) in [5.74, 6) is 0.00773. The number of rotatable bonds is 2. The first-order valence-corrected chi connectivity index (χ1v) is 6.15. The van der Waals surface area contributed by atoms with E-state index in [0.717, 1.165) is 32.2 Å². The summed E-state index contributed by atoms with van der Waals surface area (Å²) in [7, 11) is 0. The molecular weight excluding hydrogens is 216 g/mol. The number of aliphatic hydroxyl groups is 1. The Morgan fingerprint density at radius 2 is 2.12 bits per heavy atom. The van der Waals surface area contributed by atoms with Gasteiger partial charge < -0.3 is 10.0 Å². The zero-order valence-corrected chi connectivity index (χ0v) is 9.88. The van der Waals surface area contributed by atoms with E-state index in [4.69, 9.17) is 0 Å². The smallest absolute Gasteiger partial charge is 0.254 e. The van der Waals surface area contributed by atoms with Gasteiger partial charge in [0.05, 0.1) is 12.6 Å². The quantitative estimate of drug-likeness (QED) is 0.842. The largest absolute Gasteiger partial charge is 0.394 e. The van der Waals surface area contributed by atoms with Gasteiger partial charge in [0, 0.05) is 24.5 Å². The lowest BCUT2D eigenvalue weighted by atomic mass is 10.1. The number of aromatic nitrogens is 1. The summed E-state index contributed by atoms with van der Waals surface area (Å²) in [6, 6.07) is 3.42. The van der Waals surface area contributed by atoms with Gasteiger partial charge in [-0.2, -0.15) is 0 Å². The second-order valence-corrected chi connectivity index (χ2v) is 4.42. The molecule has 92 valence electrons. The average Bonchev–Trinajstić information content (AvgIpc) is 2.64. The zero-order valence-electron chi connectivity index (χ0n) is 9.88. The van der Waals surface area contributed by atoms with Crippen molar-refractivity contribution in [2.24, 2.45) is 0 Å². The van der Waals surface area contributed by atoms with E-state index in [2.05, 4.69) is 4.98 Å². The van der Waals surface area contributed by atoms with Crippen LogP contribution in [-0.2, 0) is 0 Å². The highest BCUT2D eigenvalue weighted by Crippen LogP contribution is 2.18. The molecule has 2 heterocycles. The third-order valence-electron chi connectivity index (χ3n) is 3.28. The van der Waals surface area contributed by atoms with Gasteiger partial charge >= 0.3 is 0 Å². The van der Waals surface area contributed by atoms with Crippen LogP contribution in [0.25, 0.3) is 0 Å². The first-order chi connectivity index (χ1) is 8.33. The number of nitrogens with zero attached hydrogens (tertiary/aromatic N) is 2. The number of hydrogen-bond donors (Lipinski definition) is 1. The predicted molar refractivity (Wildman–Crippen MR) is 64.6 cm³/mol. The summed E-state index contributed by atoms with van der Waals surface area (Å²) in [6.45, 7) is 0.795. The van der Waals surface area contributed by atoms with Crippen LogP contribution in [0.2, 0.25) is 0 Å². The Balaban J connectivity index is 2.16. The highest BCUT2D eigenvalue weighted by Gasteiger charge is 2.25. The Morgan fingerprint density at radius 3 is 2.82 bits per heavy atom. The molecule has 4 nitrogen and oxygen atoms in total. The molecule has 1 aromatic heterocycles. The number of hydrogen-bond acceptors (Lipinski definition) is 3. The van der Waals surface area contributed by atoms with Crippen LogP contribution in [0.5, 0.6) is 0 Å². The third kappa shape index (κ3) is 2.82. The van der Waals surface area contributed by atoms with Gasteiger partial charge in [-0.1, -0.05) is 12.8 Å². The van der Waals surface area contributed by atoms with Crippen molar-refractivity contribution in [2.45, 2.75) is 31.7 Å². The molecule has 1 aromatic rings. The molecule has 2 rings (SSSR count). The third-order valence-corrected chi connectivity index (χ3v) is 3.28. The lowest BCUT2D eigenvalue weighted by molar-refractivity contribution is 0.0599. The summed E-state index contributed by atoms with van der Waals surface area (Å²) < 4.78 is 0. The number of likely N-dealkylation sites (tertiary alicyclic amines) is 1. The Morgan fingerprint density at radius 1 is 1.35 bits per heavy atom. The van der Waals surface area contributed by atoms with Gasteiger partial charge in [-0.15, -0.1) is 0 Å². The van der Waals surface area contributed by atoms with Crippen molar-refractivity contribution in [3.63, 3.8) is 0 Å². The molecule has 4 heteroatoms. The maximum Gasteiger partial charge on any atom is 0.254 e. The predicted octanol–water partition coefficient (Wildman–Crippen LogP) is 1.46. The highest BCUT2D eigenvalue weighted by molar-refractivity contribution is 5.94. The van der Waals surface area contributed by atoms with Gasteiger partial charge in [-0.25, -0.2) is 0 Å². The van der Waals surface area contributed by atoms with E-state index >= 15 is 0 Å². The lowest BCUT2D eigenvalue weighted by Gasteiger charge is -2.28. The van der Waals surface area contributed by atoms with E-state index < -0.39 is 0 Å². The summed E-state index contributed by atoms with van der Waals surface area (Å²) in [6.07, 6.45) is 7.39. The van der Waals surface area contributed by atoms with Crippen LogP contribution in [0.1, 0.15) is 36.0 Å². The fourth-order valence-electron chi connectivity index (χ4n) is 2.29. The van der Waals surface area contributed by atoms with Gasteiger partial charge in [-0.05, 0) is 25.0 Å². The fourth-order valence-corrected chi connectivity index (χ4v) is 2.29. The summed E-state index contributed by atoms with van der Waals surface area (Å²) >= 11 is 0. The van der Waals surface area contributed by atoms with E-state index in [9.17, 15) is 9.90 Å². The maximum absolute atomic E-state index is 12.3. The number of carbonyl (C=O) groups is 1. The Bertz CT molecular complexity index is 367. The molecule has 1 saturated heterocycles. The van der Waals surface area contributed by atoms with Crippen molar-refractivity contribution in [3.8, 4) is 0 Å². The number of carbonyl (C=O) groups excluding carboxylic acids is 1. The molecule has 1 aliphatic heterocycles. The summed E-state index contributed by atoms with van der Waals surface area (Å²) in [4.78, 5) is 18.0. The van der Waals surface area contributed by atoms with Crippen LogP contribution < -0.4 is 0 Å². The molecule has 0 aromatic carbocycles. The minimum atomic E-state index is -0.0295. The van der Waals surface area contributed by atoms with E-state index in [-0.39, 0.29) is 18.6 Å². The zero-order chi connectivity index (χ0) is 12.1. The van der Waals surface area contributed by atoms with Crippen LogP contribution >= 0.6 is 0 Å². The molecule has 1 atom stereocenters. The van der Waals surface area contributed by atoms with Crippen molar-refractivity contribution in [2.75, 3.05) is 13.2 Å². The second-order valence-electron chi connectivity index (χ2n) is 4.42. The number of pyridine rings is 1. The van der Waals surface area contributed by atoms with Gasteiger partial charge in [0.25, 0.3) is 5.91 Å². The molecule has 0 spiro atoms. The molecule has 17 heavy (non-hydrogen) atoms. The van der Waals surface area contributed by atoms with Crippen molar-refractivity contribution < 1.29 is 9.90 Å². The van der Waals surface area contributed by atoms with Crippen molar-refractivity contribution in [3.05, 3.63) is 30.1 Å². The molecule has 1 fully saturated rings. The van der Waals surface area contributed by atoms with Gasteiger partial charge in [0.15, 0.2) is 0 Å². The normalized spacial score (nSPS) is 21.0. The molecule has 1 unspecified atom stereocenters. The molecule has 1 amide bonds. The Kier molecular flexibility index (Phi) is 4.09. The average molecular weight is 234 g/mol. The second kappa shape index (κ2) is 5.77. The fraction of sp³-hybridized carbons (Fsp3) is 0.538. The van der Waals surface area contributed by atoms with Gasteiger partial charge in [-0.3, -0.25) is 9.78 Å². The topological polar surface area (TPSA) is 53.4 Å². The van der Waals surface area contributed by atoms with Gasteiger partial charge in [0.1, 0.15) is 0 Å². The van der Waals surface area contributed by atoms with Crippen LogP contribution in [-0.4, -0.2) is 40.1 Å². The van der Waals surface area contributed by atoms with Crippen molar-refractivity contribution in [1.82, 2.24) is 9.88 Å². The standard InChI is InChI=1S/C13H18N2O2/c16-10-12-4-2-1-3-9-15(12)13(17)11-5-7-14-8-6-11/h5-8,12,16H,1-4,9-10H2. The van der Waals surface area contributed by atoms with E-state index in [1.165, 1.54) is 0 Å². The highest BCUT2D eigenvalue weighted by atomic mass is 16.3. The van der Waals surface area contributed by atoms with E-state index in [0.29, 0.717) is 5.56 Å². The van der Waals surface area contributed by atoms with Crippen LogP contribution in [0, 0.1) is 0 Å². The Hall–Kier alpha value is -1.42. The molecule has 1 N–H and O–H groups in total. The van der Waals surface area contributed by atoms with Crippen LogP contribution in [0.15, 0.2) is 24.5 Å². The molecule has 0 radical (unpaired) electrons. The van der Waals surface area contributed by atoms with Crippen molar-refractivity contribution in [1.29, 1.82) is 0 Å². The maximum atomic E-state index is 12.3. The lowest BCUT2D eigenvalue weighted by Crippen LogP contribution is -2.42. The van der Waals surface area contributed by atoms with Crippen molar-refractivity contribution >= 4 is 5.91 Å². The summed E-state index contributed by atoms with van der Waals surface area (Å²) in [5.41, 5.74) is 0.653. The molecule has 0 saturated carbocycles. The minimum absolute atomic E-state index is 0.00773. The molecule has 0 aliphatic carbocycles. The van der Waals surface area contributed by atoms with Crippen LogP contribution in [0.4, 0.5) is 0 Å². The van der Waals surface area contributed by atoms with E-state index in [1.807, 2.05) is 4.90 Å².